The van der Waals surface area contributed by atoms with Crippen molar-refractivity contribution in [1.29, 1.82) is 0 Å². The molecule has 0 bridgehead atoms. The molecule has 9 nitrogen and oxygen atoms in total. The molecule has 29 heavy (non-hydrogen) atoms. The maximum absolute atomic E-state index is 13.0. The maximum Gasteiger partial charge on any atom is 0.244 e. The summed E-state index contributed by atoms with van der Waals surface area (Å²) < 4.78 is 27.3. The van der Waals surface area contributed by atoms with Gasteiger partial charge in [-0.2, -0.15) is 4.31 Å². The number of hydrogen-bond acceptors (Lipinski definition) is 8. The summed E-state index contributed by atoms with van der Waals surface area (Å²) in [6.07, 6.45) is 4.40. The van der Waals surface area contributed by atoms with Crippen LogP contribution in [0.15, 0.2) is 35.6 Å². The summed E-state index contributed by atoms with van der Waals surface area (Å²) in [6, 6.07) is 2.51. The number of hydrogen-bond donors (Lipinski definition) is 2. The fourth-order valence-electron chi connectivity index (χ4n) is 2.98. The van der Waals surface area contributed by atoms with Gasteiger partial charge in [0.1, 0.15) is 16.8 Å². The molecular formula is C19H24N6O3S. The number of pyridine rings is 1. The Morgan fingerprint density at radius 2 is 1.86 bits per heavy atom. The lowest BCUT2D eigenvalue weighted by Gasteiger charge is -2.38. The van der Waals surface area contributed by atoms with Crippen molar-refractivity contribution < 1.29 is 13.5 Å². The standard InChI is InChI=1S/C19H24N6O3S/c1-4-5-15-13-24(29(27,28)16-6-7-17(20)21-12-16)8-9-25(15)18-22-10-14(11-23-18)19(2,3)26/h6-7,10-12,15,26H,8-9,13H2,1-3H3,(H2,20,21)/t15-/m0/s1. The molecular weight excluding hydrogens is 392 g/mol. The van der Waals surface area contributed by atoms with Gasteiger partial charge in [0.15, 0.2) is 0 Å². The molecule has 1 atom stereocenters. The molecule has 0 aromatic carbocycles. The van der Waals surface area contributed by atoms with Gasteiger partial charge < -0.3 is 15.7 Å². The van der Waals surface area contributed by atoms with E-state index in [4.69, 9.17) is 5.73 Å². The number of piperazine rings is 1. The SMILES string of the molecule is CC#C[C@H]1CN(S(=O)(=O)c2ccc(N)nc2)CCN1c1ncc(C(C)(C)O)cn1. The van der Waals surface area contributed by atoms with Crippen LogP contribution in [0.4, 0.5) is 11.8 Å². The molecule has 1 aliphatic heterocycles. The minimum absolute atomic E-state index is 0.0918. The minimum atomic E-state index is -3.71. The third kappa shape index (κ3) is 4.48. The molecule has 0 amide bonds. The van der Waals surface area contributed by atoms with Crippen molar-refractivity contribution in [3.8, 4) is 11.8 Å². The van der Waals surface area contributed by atoms with Gasteiger partial charge in [0.2, 0.25) is 16.0 Å². The lowest BCUT2D eigenvalue weighted by atomic mass is 10.0. The van der Waals surface area contributed by atoms with E-state index >= 15 is 0 Å². The van der Waals surface area contributed by atoms with E-state index < -0.39 is 21.7 Å². The zero-order chi connectivity index (χ0) is 21.2. The summed E-state index contributed by atoms with van der Waals surface area (Å²) in [5, 5.41) is 10.1. The van der Waals surface area contributed by atoms with Gasteiger partial charge in [-0.05, 0) is 32.9 Å². The van der Waals surface area contributed by atoms with E-state index in [1.54, 1.807) is 33.2 Å². The topological polar surface area (TPSA) is 126 Å². The van der Waals surface area contributed by atoms with Crippen LogP contribution in [0, 0.1) is 11.8 Å². The first-order valence-corrected chi connectivity index (χ1v) is 10.5. The van der Waals surface area contributed by atoms with E-state index in [1.165, 1.54) is 22.6 Å². The number of anilines is 2. The first-order chi connectivity index (χ1) is 13.6. The lowest BCUT2D eigenvalue weighted by Crippen LogP contribution is -2.54. The van der Waals surface area contributed by atoms with Crippen molar-refractivity contribution in [2.75, 3.05) is 30.3 Å². The minimum Gasteiger partial charge on any atom is -0.386 e. The molecule has 1 saturated heterocycles. The molecule has 3 N–H and O–H groups in total. The van der Waals surface area contributed by atoms with Gasteiger partial charge in [0, 0.05) is 43.8 Å². The molecule has 1 aliphatic rings. The number of aliphatic hydroxyl groups is 1. The zero-order valence-corrected chi connectivity index (χ0v) is 17.4. The van der Waals surface area contributed by atoms with E-state index in [9.17, 15) is 13.5 Å². The largest absolute Gasteiger partial charge is 0.386 e. The van der Waals surface area contributed by atoms with Crippen LogP contribution in [0.25, 0.3) is 0 Å². The molecule has 154 valence electrons. The van der Waals surface area contributed by atoms with E-state index in [0.717, 1.165) is 0 Å². The predicted octanol–water partition coefficient (Wildman–Crippen LogP) is 0.584. The molecule has 3 heterocycles. The average Bonchev–Trinajstić information content (AvgIpc) is 2.68. The summed E-state index contributed by atoms with van der Waals surface area (Å²) in [5.74, 6) is 6.60. The number of nitrogens with two attached hydrogens (primary N) is 1. The Labute approximate surface area is 170 Å². The van der Waals surface area contributed by atoms with Crippen LogP contribution in [0.5, 0.6) is 0 Å². The number of nitrogens with zero attached hydrogens (tertiary/aromatic N) is 5. The van der Waals surface area contributed by atoms with E-state index in [0.29, 0.717) is 18.1 Å². The van der Waals surface area contributed by atoms with Crippen molar-refractivity contribution in [2.24, 2.45) is 0 Å². The number of nitrogen functional groups attached to an aromatic ring is 1. The molecule has 2 aromatic rings. The quantitative estimate of drug-likeness (QED) is 0.694. The highest BCUT2D eigenvalue weighted by Gasteiger charge is 2.35. The second-order valence-corrected chi connectivity index (χ2v) is 9.15. The molecule has 0 unspecified atom stereocenters. The van der Waals surface area contributed by atoms with Crippen LogP contribution in [-0.4, -0.2) is 58.5 Å². The van der Waals surface area contributed by atoms with Crippen molar-refractivity contribution >= 4 is 21.8 Å². The third-order valence-corrected chi connectivity index (χ3v) is 6.50. The zero-order valence-electron chi connectivity index (χ0n) is 16.6. The van der Waals surface area contributed by atoms with Crippen LogP contribution in [-0.2, 0) is 15.6 Å². The van der Waals surface area contributed by atoms with Gasteiger partial charge in [-0.1, -0.05) is 5.92 Å². The van der Waals surface area contributed by atoms with Crippen molar-refractivity contribution in [2.45, 2.75) is 37.3 Å². The highest BCUT2D eigenvalue weighted by Crippen LogP contribution is 2.24. The second kappa shape index (κ2) is 7.94. The second-order valence-electron chi connectivity index (χ2n) is 7.22. The van der Waals surface area contributed by atoms with Gasteiger partial charge in [0.05, 0.1) is 5.60 Å². The van der Waals surface area contributed by atoms with E-state index in [-0.39, 0.29) is 23.8 Å². The summed E-state index contributed by atoms with van der Waals surface area (Å²) in [5.41, 5.74) is 5.11. The first kappa shape index (κ1) is 21.0. The molecule has 3 rings (SSSR count). The maximum atomic E-state index is 13.0. The monoisotopic (exact) mass is 416 g/mol. The Bertz CT molecular complexity index is 1020. The molecule has 0 spiro atoms. The van der Waals surface area contributed by atoms with Crippen LogP contribution < -0.4 is 10.6 Å². The van der Waals surface area contributed by atoms with E-state index in [1.807, 2.05) is 4.90 Å². The summed E-state index contributed by atoms with van der Waals surface area (Å²) >= 11 is 0. The average molecular weight is 417 g/mol. The van der Waals surface area contributed by atoms with E-state index in [2.05, 4.69) is 26.8 Å². The normalized spacial score (nSPS) is 18.2. The predicted molar refractivity (Wildman–Crippen MR) is 109 cm³/mol. The van der Waals surface area contributed by atoms with Gasteiger partial charge >= 0.3 is 0 Å². The molecule has 1 fully saturated rings. The molecule has 0 saturated carbocycles. The number of rotatable bonds is 4. The van der Waals surface area contributed by atoms with Crippen LogP contribution in [0.3, 0.4) is 0 Å². The molecule has 2 aromatic heterocycles. The smallest absolute Gasteiger partial charge is 0.244 e. The van der Waals surface area contributed by atoms with Crippen LogP contribution >= 0.6 is 0 Å². The highest BCUT2D eigenvalue weighted by molar-refractivity contribution is 7.89. The van der Waals surface area contributed by atoms with Gasteiger partial charge in [-0.3, -0.25) is 0 Å². The Morgan fingerprint density at radius 3 is 2.41 bits per heavy atom. The van der Waals surface area contributed by atoms with Gasteiger partial charge in [-0.15, -0.1) is 5.92 Å². The lowest BCUT2D eigenvalue weighted by molar-refractivity contribution is 0.0778. The highest BCUT2D eigenvalue weighted by atomic mass is 32.2. The van der Waals surface area contributed by atoms with Crippen LogP contribution in [0.1, 0.15) is 26.3 Å². The molecule has 0 aliphatic carbocycles. The first-order valence-electron chi connectivity index (χ1n) is 9.08. The van der Waals surface area contributed by atoms with Gasteiger partial charge in [-0.25, -0.2) is 23.4 Å². The van der Waals surface area contributed by atoms with Crippen molar-refractivity contribution in [3.63, 3.8) is 0 Å². The summed E-state index contributed by atoms with van der Waals surface area (Å²) in [7, 11) is -3.71. The molecule has 0 radical (unpaired) electrons. The Balaban J connectivity index is 1.84. The number of sulfonamides is 1. The fourth-order valence-corrected chi connectivity index (χ4v) is 4.37. The molecule has 10 heteroatoms. The third-order valence-electron chi connectivity index (χ3n) is 4.65. The fraction of sp³-hybridized carbons (Fsp3) is 0.421. The Hall–Kier alpha value is -2.74. The van der Waals surface area contributed by atoms with Crippen molar-refractivity contribution in [1.82, 2.24) is 19.3 Å². The van der Waals surface area contributed by atoms with Gasteiger partial charge in [0.25, 0.3) is 0 Å². The Kier molecular flexibility index (Phi) is 5.75. The van der Waals surface area contributed by atoms with Crippen LogP contribution in [0.2, 0.25) is 0 Å². The number of aromatic nitrogens is 3. The Morgan fingerprint density at radius 1 is 1.17 bits per heavy atom. The van der Waals surface area contributed by atoms with Crippen molar-refractivity contribution in [3.05, 3.63) is 36.3 Å². The summed E-state index contributed by atoms with van der Waals surface area (Å²) in [6.45, 7) is 5.82. The summed E-state index contributed by atoms with van der Waals surface area (Å²) in [4.78, 5) is 14.5.